The van der Waals surface area contributed by atoms with Gasteiger partial charge in [-0.2, -0.15) is 5.10 Å². The van der Waals surface area contributed by atoms with Gasteiger partial charge >= 0.3 is 0 Å². The summed E-state index contributed by atoms with van der Waals surface area (Å²) in [5.74, 6) is 0.517. The Labute approximate surface area is 200 Å². The van der Waals surface area contributed by atoms with E-state index in [1.54, 1.807) is 24.3 Å². The molecule has 3 heterocycles. The Morgan fingerprint density at radius 2 is 1.80 bits per heavy atom. The van der Waals surface area contributed by atoms with E-state index < -0.39 is 21.1 Å². The van der Waals surface area contributed by atoms with Gasteiger partial charge in [0, 0.05) is 12.1 Å². The number of aromatic nitrogens is 7. The molecule has 12 nitrogen and oxygen atoms in total. The van der Waals surface area contributed by atoms with Gasteiger partial charge in [0.25, 0.3) is 0 Å². The van der Waals surface area contributed by atoms with Crippen molar-refractivity contribution in [2.75, 3.05) is 18.9 Å². The number of halogens is 1. The van der Waals surface area contributed by atoms with Gasteiger partial charge < -0.3 is 9.47 Å². The second-order valence-corrected chi connectivity index (χ2v) is 9.71. The van der Waals surface area contributed by atoms with Gasteiger partial charge in [-0.25, -0.2) is 22.8 Å². The zero-order chi connectivity index (χ0) is 25.2. The Morgan fingerprint density at radius 3 is 2.37 bits per heavy atom. The third-order valence-corrected chi connectivity index (χ3v) is 6.82. The van der Waals surface area contributed by atoms with Crippen LogP contribution in [0.2, 0.25) is 0 Å². The molecule has 0 bridgehead atoms. The number of aromatic amines is 1. The van der Waals surface area contributed by atoms with Gasteiger partial charge in [0.1, 0.15) is 28.7 Å². The Bertz CT molecular complexity index is 1410. The highest BCUT2D eigenvalue weighted by atomic mass is 32.2. The number of sulfonamides is 1. The summed E-state index contributed by atoms with van der Waals surface area (Å²) < 4.78 is 54.5. The highest BCUT2D eigenvalue weighted by Gasteiger charge is 2.29. The first-order valence-electron chi connectivity index (χ1n) is 10.4. The van der Waals surface area contributed by atoms with Crippen molar-refractivity contribution in [2.45, 2.75) is 25.5 Å². The molecule has 0 radical (unpaired) electrons. The van der Waals surface area contributed by atoms with Gasteiger partial charge in [0.2, 0.25) is 16.0 Å². The molecule has 4 rings (SSSR count). The van der Waals surface area contributed by atoms with Crippen LogP contribution in [0, 0.1) is 12.7 Å². The number of nitrogens with zero attached hydrogens (tertiary/aromatic N) is 6. The maximum Gasteiger partial charge on any atom is 0.243 e. The monoisotopic (exact) mass is 502 g/mol. The fourth-order valence-corrected chi connectivity index (χ4v) is 4.31. The third kappa shape index (κ3) is 4.91. The zero-order valence-electron chi connectivity index (χ0n) is 19.4. The van der Waals surface area contributed by atoms with Crippen LogP contribution in [-0.2, 0) is 16.4 Å². The molecule has 0 spiro atoms. The van der Waals surface area contributed by atoms with Gasteiger partial charge in [0.15, 0.2) is 11.6 Å². The molecule has 2 N–H and O–H groups in total. The molecule has 4 aromatic rings. The summed E-state index contributed by atoms with van der Waals surface area (Å²) in [5.41, 5.74) is 1.59. The summed E-state index contributed by atoms with van der Waals surface area (Å²) in [7, 11) is -1.05. The number of hydrogen-bond acceptors (Lipinski definition) is 9. The second-order valence-electron chi connectivity index (χ2n) is 7.61. The maximum absolute atomic E-state index is 13.2. The van der Waals surface area contributed by atoms with Crippen LogP contribution in [-0.4, -0.2) is 62.8 Å². The average molecular weight is 503 g/mol. The summed E-state index contributed by atoms with van der Waals surface area (Å²) in [5, 5.41) is 14.4. The molecule has 0 saturated heterocycles. The number of anilines is 1. The van der Waals surface area contributed by atoms with Crippen LogP contribution in [0.4, 0.5) is 10.3 Å². The van der Waals surface area contributed by atoms with Crippen LogP contribution in [0.15, 0.2) is 36.7 Å². The molecule has 1 unspecified atom stereocenters. The van der Waals surface area contributed by atoms with E-state index in [4.69, 9.17) is 9.47 Å². The second kappa shape index (κ2) is 9.66. The average Bonchev–Trinajstić information content (AvgIpc) is 3.45. The summed E-state index contributed by atoms with van der Waals surface area (Å²) in [6, 6.07) is 6.88. The van der Waals surface area contributed by atoms with Crippen molar-refractivity contribution in [2.24, 2.45) is 0 Å². The number of hydrogen-bond donors (Lipinski definition) is 2. The van der Waals surface area contributed by atoms with Crippen LogP contribution < -0.4 is 14.2 Å². The van der Waals surface area contributed by atoms with Crippen molar-refractivity contribution < 1.29 is 22.3 Å². The molecular weight excluding hydrogens is 479 g/mol. The minimum atomic E-state index is -4.01. The van der Waals surface area contributed by atoms with E-state index in [0.717, 1.165) is 18.1 Å². The lowest BCUT2D eigenvalue weighted by Crippen LogP contribution is -2.29. The molecule has 184 valence electrons. The summed E-state index contributed by atoms with van der Waals surface area (Å²) in [6.45, 7) is 3.31. The normalized spacial score (nSPS) is 12.4. The number of methoxy groups -OCH3 is 2. The van der Waals surface area contributed by atoms with Crippen molar-refractivity contribution in [3.63, 3.8) is 0 Å². The van der Waals surface area contributed by atoms with E-state index in [9.17, 15) is 12.8 Å². The molecule has 3 aromatic heterocycles. The van der Waals surface area contributed by atoms with Gasteiger partial charge in [-0.3, -0.25) is 14.4 Å². The fraction of sp³-hybridized carbons (Fsp3) is 0.286. The standard InChI is InChI=1S/C21H23FN8O4S/c1-12-8-15(26-25-12)20-27-28-21(30(20)19-16(33-3)6-5-7-17(19)34-4)29-35(31,32)13(2)9-18-23-10-14(22)11-24-18/h5-8,10-11,13H,9H2,1-4H3,(H,25,26)(H,28,29). The highest BCUT2D eigenvalue weighted by Crippen LogP contribution is 2.37. The maximum atomic E-state index is 13.2. The van der Waals surface area contributed by atoms with Crippen molar-refractivity contribution in [1.29, 1.82) is 0 Å². The summed E-state index contributed by atoms with van der Waals surface area (Å²) in [4.78, 5) is 7.68. The summed E-state index contributed by atoms with van der Waals surface area (Å²) in [6.07, 6.45) is 1.92. The number of H-pyrrole nitrogens is 1. The molecule has 35 heavy (non-hydrogen) atoms. The third-order valence-electron chi connectivity index (χ3n) is 5.13. The molecule has 1 atom stereocenters. The number of para-hydroxylation sites is 1. The van der Waals surface area contributed by atoms with Gasteiger partial charge in [-0.05, 0) is 32.0 Å². The van der Waals surface area contributed by atoms with E-state index >= 15 is 0 Å². The molecular formula is C21H23FN8O4S. The molecule has 0 aliphatic carbocycles. The van der Waals surface area contributed by atoms with E-state index in [0.29, 0.717) is 22.9 Å². The molecule has 0 aliphatic heterocycles. The summed E-state index contributed by atoms with van der Waals surface area (Å²) >= 11 is 0. The largest absolute Gasteiger partial charge is 0.494 e. The van der Waals surface area contributed by atoms with Crippen LogP contribution in [0.25, 0.3) is 17.2 Å². The van der Waals surface area contributed by atoms with Crippen molar-refractivity contribution in [1.82, 2.24) is 34.9 Å². The quantitative estimate of drug-likeness (QED) is 0.351. The Morgan fingerprint density at radius 1 is 1.14 bits per heavy atom. The lowest BCUT2D eigenvalue weighted by atomic mass is 10.2. The van der Waals surface area contributed by atoms with Crippen molar-refractivity contribution in [3.05, 3.63) is 54.0 Å². The molecule has 0 amide bonds. The molecule has 0 saturated carbocycles. The van der Waals surface area contributed by atoms with E-state index in [-0.39, 0.29) is 24.0 Å². The number of aryl methyl sites for hydroxylation is 1. The lowest BCUT2D eigenvalue weighted by molar-refractivity contribution is 0.391. The van der Waals surface area contributed by atoms with Crippen LogP contribution in [0.5, 0.6) is 11.5 Å². The van der Waals surface area contributed by atoms with Crippen molar-refractivity contribution in [3.8, 4) is 28.7 Å². The number of benzene rings is 1. The predicted molar refractivity (Wildman–Crippen MR) is 124 cm³/mol. The predicted octanol–water partition coefficient (Wildman–Crippen LogP) is 2.29. The zero-order valence-corrected chi connectivity index (χ0v) is 20.2. The molecule has 0 fully saturated rings. The number of ether oxygens (including phenoxy) is 2. The van der Waals surface area contributed by atoms with E-state index in [2.05, 4.69) is 35.1 Å². The lowest BCUT2D eigenvalue weighted by Gasteiger charge is -2.18. The first-order valence-corrected chi connectivity index (χ1v) is 11.9. The first kappa shape index (κ1) is 24.1. The smallest absolute Gasteiger partial charge is 0.243 e. The Kier molecular flexibility index (Phi) is 6.64. The minimum Gasteiger partial charge on any atom is -0.494 e. The van der Waals surface area contributed by atoms with Crippen LogP contribution in [0.1, 0.15) is 18.4 Å². The van der Waals surface area contributed by atoms with Crippen LogP contribution in [0.3, 0.4) is 0 Å². The SMILES string of the molecule is COc1cccc(OC)c1-n1c(NS(=O)(=O)C(C)Cc2ncc(F)cn2)nnc1-c1cc(C)[nH]n1. The van der Waals surface area contributed by atoms with Crippen LogP contribution >= 0.6 is 0 Å². The molecule has 14 heteroatoms. The molecule has 1 aromatic carbocycles. The van der Waals surface area contributed by atoms with Crippen molar-refractivity contribution >= 4 is 16.0 Å². The molecule has 0 aliphatic rings. The first-order chi connectivity index (χ1) is 16.7. The number of rotatable bonds is 9. The van der Waals surface area contributed by atoms with Gasteiger partial charge in [-0.15, -0.1) is 10.2 Å². The number of nitrogens with one attached hydrogen (secondary N) is 2. The topological polar surface area (TPSA) is 150 Å². The van der Waals surface area contributed by atoms with E-state index in [1.807, 2.05) is 6.92 Å². The Hall–Kier alpha value is -4.07. The van der Waals surface area contributed by atoms with Gasteiger partial charge in [0.05, 0.1) is 31.9 Å². The fourth-order valence-electron chi connectivity index (χ4n) is 3.35. The van der Waals surface area contributed by atoms with E-state index in [1.165, 1.54) is 25.7 Å². The minimum absolute atomic E-state index is 0.0485. The Balaban J connectivity index is 1.79. The van der Waals surface area contributed by atoms with Gasteiger partial charge in [-0.1, -0.05) is 6.07 Å². The highest BCUT2D eigenvalue weighted by molar-refractivity contribution is 7.93.